The van der Waals surface area contributed by atoms with Crippen LogP contribution in [0, 0.1) is 12.3 Å². The Hall–Kier alpha value is -1.36. The molecule has 2 unspecified atom stereocenters. The van der Waals surface area contributed by atoms with E-state index in [9.17, 15) is 9.90 Å². The number of carbonyl (C=O) groups excluding carboxylic acids is 1. The van der Waals surface area contributed by atoms with Crippen molar-refractivity contribution in [3.63, 3.8) is 0 Å². The molecule has 5 heteroatoms. The predicted molar refractivity (Wildman–Crippen MR) is 91.5 cm³/mol. The molecule has 2 rings (SSSR count). The van der Waals surface area contributed by atoms with Gasteiger partial charge in [0.15, 0.2) is 0 Å². The van der Waals surface area contributed by atoms with Gasteiger partial charge in [0.2, 0.25) is 0 Å². The molecule has 0 bridgehead atoms. The molecule has 1 aliphatic carbocycles. The Kier molecular flexibility index (Phi) is 5.84. The van der Waals surface area contributed by atoms with Crippen LogP contribution in [0.3, 0.4) is 0 Å². The van der Waals surface area contributed by atoms with Crippen molar-refractivity contribution in [2.45, 2.75) is 78.4 Å². The van der Waals surface area contributed by atoms with E-state index in [-0.39, 0.29) is 17.4 Å². The zero-order valence-corrected chi connectivity index (χ0v) is 14.9. The van der Waals surface area contributed by atoms with Gasteiger partial charge in [-0.05, 0) is 32.6 Å². The number of carbonyl (C=O) groups is 1. The lowest BCUT2D eigenvalue weighted by Gasteiger charge is -2.38. The second kappa shape index (κ2) is 7.47. The highest BCUT2D eigenvalue weighted by atomic mass is 16.3. The van der Waals surface area contributed by atoms with Gasteiger partial charge >= 0.3 is 0 Å². The number of aliphatic hydroxyl groups is 1. The van der Waals surface area contributed by atoms with Crippen molar-refractivity contribution in [2.24, 2.45) is 5.41 Å². The fraction of sp³-hybridized carbons (Fsp3) is 0.778. The highest BCUT2D eigenvalue weighted by Gasteiger charge is 2.35. The lowest BCUT2D eigenvalue weighted by atomic mass is 9.73. The molecule has 2 N–H and O–H groups in total. The second-order valence-corrected chi connectivity index (χ2v) is 7.16. The van der Waals surface area contributed by atoms with Crippen LogP contribution < -0.4 is 5.32 Å². The Balaban J connectivity index is 2.04. The molecule has 0 aromatic carbocycles. The van der Waals surface area contributed by atoms with Gasteiger partial charge in [-0.3, -0.25) is 9.48 Å². The standard InChI is InChI=1S/C18H31N3O2/c1-5-14(6-2)21-13(3)15(11-20-21)17(23)19-12-18(4)10-8-7-9-16(18)22/h11,14,16,22H,5-10,12H2,1-4H3,(H,19,23). The van der Waals surface area contributed by atoms with Gasteiger partial charge in [-0.15, -0.1) is 0 Å². The molecule has 130 valence electrons. The van der Waals surface area contributed by atoms with Crippen LogP contribution in [-0.4, -0.2) is 33.4 Å². The van der Waals surface area contributed by atoms with E-state index >= 15 is 0 Å². The third kappa shape index (κ3) is 3.77. The van der Waals surface area contributed by atoms with Crippen molar-refractivity contribution in [3.8, 4) is 0 Å². The smallest absolute Gasteiger partial charge is 0.254 e. The number of amides is 1. The topological polar surface area (TPSA) is 67.2 Å². The van der Waals surface area contributed by atoms with Crippen molar-refractivity contribution < 1.29 is 9.90 Å². The number of nitrogens with one attached hydrogen (secondary N) is 1. The molecule has 0 saturated heterocycles. The largest absolute Gasteiger partial charge is 0.392 e. The van der Waals surface area contributed by atoms with Crippen molar-refractivity contribution in [1.82, 2.24) is 15.1 Å². The van der Waals surface area contributed by atoms with Crippen molar-refractivity contribution in [2.75, 3.05) is 6.54 Å². The summed E-state index contributed by atoms with van der Waals surface area (Å²) in [5.74, 6) is -0.0845. The summed E-state index contributed by atoms with van der Waals surface area (Å²) >= 11 is 0. The maximum absolute atomic E-state index is 12.5. The quantitative estimate of drug-likeness (QED) is 0.845. The highest BCUT2D eigenvalue weighted by molar-refractivity contribution is 5.95. The van der Waals surface area contributed by atoms with E-state index in [4.69, 9.17) is 0 Å². The summed E-state index contributed by atoms with van der Waals surface area (Å²) in [6, 6.07) is 0.342. The summed E-state index contributed by atoms with van der Waals surface area (Å²) in [6.45, 7) is 8.82. The fourth-order valence-corrected chi connectivity index (χ4v) is 3.61. The first kappa shape index (κ1) is 18.0. The number of aliphatic hydroxyl groups excluding tert-OH is 1. The van der Waals surface area contributed by atoms with Crippen LogP contribution in [-0.2, 0) is 0 Å². The van der Waals surface area contributed by atoms with E-state index in [1.54, 1.807) is 6.20 Å². The molecule has 1 amide bonds. The van der Waals surface area contributed by atoms with Gasteiger partial charge in [0.1, 0.15) is 0 Å². The number of hydrogen-bond donors (Lipinski definition) is 2. The van der Waals surface area contributed by atoms with Crippen LogP contribution >= 0.6 is 0 Å². The molecule has 5 nitrogen and oxygen atoms in total. The van der Waals surface area contributed by atoms with Gasteiger partial charge in [-0.1, -0.05) is 33.6 Å². The maximum atomic E-state index is 12.5. The van der Waals surface area contributed by atoms with Gasteiger partial charge in [-0.2, -0.15) is 5.10 Å². The Bertz CT molecular complexity index is 536. The molecule has 1 heterocycles. The lowest BCUT2D eigenvalue weighted by Crippen LogP contribution is -2.45. The SMILES string of the molecule is CCC(CC)n1ncc(C(=O)NCC2(C)CCCCC2O)c1C. The van der Waals surface area contributed by atoms with E-state index in [1.165, 1.54) is 0 Å². The molecule has 1 fully saturated rings. The predicted octanol–water partition coefficient (Wildman–Crippen LogP) is 3.22. The molecule has 1 saturated carbocycles. The van der Waals surface area contributed by atoms with Crippen molar-refractivity contribution in [1.29, 1.82) is 0 Å². The van der Waals surface area contributed by atoms with Crippen LogP contribution in [0.15, 0.2) is 6.20 Å². The summed E-state index contributed by atoms with van der Waals surface area (Å²) in [5, 5.41) is 17.7. The molecule has 1 aliphatic rings. The van der Waals surface area contributed by atoms with Crippen LogP contribution in [0.2, 0.25) is 0 Å². The second-order valence-electron chi connectivity index (χ2n) is 7.16. The van der Waals surface area contributed by atoms with E-state index in [2.05, 4.69) is 31.2 Å². The van der Waals surface area contributed by atoms with Crippen LogP contribution in [0.4, 0.5) is 0 Å². The monoisotopic (exact) mass is 321 g/mol. The van der Waals surface area contributed by atoms with Crippen LogP contribution in [0.1, 0.15) is 81.4 Å². The van der Waals surface area contributed by atoms with Gasteiger partial charge in [0.05, 0.1) is 23.9 Å². The highest BCUT2D eigenvalue weighted by Crippen LogP contribution is 2.35. The Morgan fingerprint density at radius 1 is 1.48 bits per heavy atom. The van der Waals surface area contributed by atoms with E-state index in [1.807, 2.05) is 11.6 Å². The molecule has 2 atom stereocenters. The molecule has 23 heavy (non-hydrogen) atoms. The van der Waals surface area contributed by atoms with Crippen LogP contribution in [0.25, 0.3) is 0 Å². The zero-order valence-electron chi connectivity index (χ0n) is 14.9. The summed E-state index contributed by atoms with van der Waals surface area (Å²) in [6.07, 6.45) is 7.33. The number of rotatable bonds is 6. The summed E-state index contributed by atoms with van der Waals surface area (Å²) < 4.78 is 1.96. The number of hydrogen-bond acceptors (Lipinski definition) is 3. The molecule has 1 aromatic heterocycles. The van der Waals surface area contributed by atoms with Crippen LogP contribution in [0.5, 0.6) is 0 Å². The maximum Gasteiger partial charge on any atom is 0.254 e. The minimum Gasteiger partial charge on any atom is -0.392 e. The summed E-state index contributed by atoms with van der Waals surface area (Å²) in [5.41, 5.74) is 1.35. The van der Waals surface area contributed by atoms with Gasteiger partial charge in [0.25, 0.3) is 5.91 Å². The first-order valence-corrected chi connectivity index (χ1v) is 8.93. The van der Waals surface area contributed by atoms with Crippen molar-refractivity contribution >= 4 is 5.91 Å². The van der Waals surface area contributed by atoms with E-state index < -0.39 is 0 Å². The minimum absolute atomic E-state index is 0.0845. The fourth-order valence-electron chi connectivity index (χ4n) is 3.61. The average molecular weight is 321 g/mol. The molecular weight excluding hydrogens is 290 g/mol. The molecule has 0 aliphatic heterocycles. The summed E-state index contributed by atoms with van der Waals surface area (Å²) in [7, 11) is 0. The lowest BCUT2D eigenvalue weighted by molar-refractivity contribution is 0.00190. The molecular formula is C18H31N3O2. The zero-order chi connectivity index (χ0) is 17.0. The Labute approximate surface area is 139 Å². The Morgan fingerprint density at radius 2 is 2.17 bits per heavy atom. The average Bonchev–Trinajstić information content (AvgIpc) is 2.92. The first-order chi connectivity index (χ1) is 10.9. The van der Waals surface area contributed by atoms with E-state index in [0.717, 1.165) is 44.2 Å². The normalized spacial score (nSPS) is 24.9. The van der Waals surface area contributed by atoms with Gasteiger partial charge in [0, 0.05) is 17.7 Å². The minimum atomic E-state index is -0.329. The number of aromatic nitrogens is 2. The van der Waals surface area contributed by atoms with Crippen molar-refractivity contribution in [3.05, 3.63) is 17.5 Å². The third-order valence-corrected chi connectivity index (χ3v) is 5.51. The van der Waals surface area contributed by atoms with Gasteiger partial charge in [-0.25, -0.2) is 0 Å². The van der Waals surface area contributed by atoms with E-state index in [0.29, 0.717) is 18.2 Å². The molecule has 0 spiro atoms. The third-order valence-electron chi connectivity index (χ3n) is 5.51. The Morgan fingerprint density at radius 3 is 2.78 bits per heavy atom. The first-order valence-electron chi connectivity index (χ1n) is 8.93. The summed E-state index contributed by atoms with van der Waals surface area (Å²) in [4.78, 5) is 12.5. The molecule has 1 aromatic rings. The molecule has 0 radical (unpaired) electrons. The number of nitrogens with zero attached hydrogens (tertiary/aromatic N) is 2. The van der Waals surface area contributed by atoms with Gasteiger partial charge < -0.3 is 10.4 Å².